The summed E-state index contributed by atoms with van der Waals surface area (Å²) in [5, 5.41) is 3.20. The van der Waals surface area contributed by atoms with Gasteiger partial charge in [-0.3, -0.25) is 14.5 Å². The summed E-state index contributed by atoms with van der Waals surface area (Å²) in [4.78, 5) is 29.3. The van der Waals surface area contributed by atoms with Crippen molar-refractivity contribution < 1.29 is 14.3 Å². The molecule has 158 valence electrons. The Bertz CT molecular complexity index is 848. The van der Waals surface area contributed by atoms with Gasteiger partial charge < -0.3 is 15.0 Å². The van der Waals surface area contributed by atoms with Gasteiger partial charge in [0.2, 0.25) is 5.91 Å². The maximum absolute atomic E-state index is 13.0. The molecule has 2 amide bonds. The first kappa shape index (κ1) is 20.6. The minimum atomic E-state index is -0.103. The summed E-state index contributed by atoms with van der Waals surface area (Å²) in [5.41, 5.74) is 2.56. The van der Waals surface area contributed by atoms with Crippen molar-refractivity contribution in [2.24, 2.45) is 0 Å². The molecular weight excluding hydrogens is 378 g/mol. The van der Waals surface area contributed by atoms with Crippen LogP contribution in [-0.4, -0.2) is 56.1 Å². The molecule has 6 nitrogen and oxygen atoms in total. The van der Waals surface area contributed by atoms with Crippen LogP contribution in [0.5, 0.6) is 0 Å². The van der Waals surface area contributed by atoms with Crippen LogP contribution in [0.25, 0.3) is 0 Å². The molecule has 6 heteroatoms. The van der Waals surface area contributed by atoms with Crippen LogP contribution in [0.3, 0.4) is 0 Å². The summed E-state index contributed by atoms with van der Waals surface area (Å²) >= 11 is 0. The van der Waals surface area contributed by atoms with Crippen LogP contribution in [0.1, 0.15) is 41.2 Å². The fourth-order valence-corrected chi connectivity index (χ4v) is 4.07. The molecule has 2 aromatic carbocycles. The fourth-order valence-electron chi connectivity index (χ4n) is 4.07. The monoisotopic (exact) mass is 407 g/mol. The Morgan fingerprint density at radius 2 is 1.70 bits per heavy atom. The molecule has 0 aromatic heterocycles. The molecule has 2 fully saturated rings. The highest BCUT2D eigenvalue weighted by atomic mass is 16.5. The van der Waals surface area contributed by atoms with E-state index in [1.54, 1.807) is 0 Å². The Morgan fingerprint density at radius 3 is 2.40 bits per heavy atom. The number of anilines is 1. The van der Waals surface area contributed by atoms with Gasteiger partial charge in [0.1, 0.15) is 0 Å². The van der Waals surface area contributed by atoms with Crippen LogP contribution >= 0.6 is 0 Å². The lowest BCUT2D eigenvalue weighted by atomic mass is 10.0. The lowest BCUT2D eigenvalue weighted by molar-refractivity contribution is -0.119. The molecule has 0 saturated carbocycles. The van der Waals surface area contributed by atoms with Crippen LogP contribution < -0.4 is 10.2 Å². The predicted octanol–water partition coefficient (Wildman–Crippen LogP) is 3.01. The number of hydrogen-bond donors (Lipinski definition) is 1. The van der Waals surface area contributed by atoms with E-state index in [-0.39, 0.29) is 17.9 Å². The molecule has 2 aromatic rings. The molecule has 0 radical (unpaired) electrons. The van der Waals surface area contributed by atoms with Gasteiger partial charge in [0.05, 0.1) is 19.3 Å². The van der Waals surface area contributed by atoms with E-state index >= 15 is 0 Å². The quantitative estimate of drug-likeness (QED) is 0.800. The maximum Gasteiger partial charge on any atom is 0.251 e. The molecule has 4 rings (SSSR count). The Kier molecular flexibility index (Phi) is 6.77. The van der Waals surface area contributed by atoms with Gasteiger partial charge >= 0.3 is 0 Å². The number of morpholine rings is 1. The Hall–Kier alpha value is -2.70. The van der Waals surface area contributed by atoms with Crippen molar-refractivity contribution in [1.29, 1.82) is 0 Å². The number of carbonyl (C=O) groups excluding carboxylic acids is 2. The highest BCUT2D eigenvalue weighted by molar-refractivity contribution is 5.97. The number of ether oxygens (including phenoxy) is 1. The number of carbonyl (C=O) groups is 2. The topological polar surface area (TPSA) is 61.9 Å². The fraction of sp³-hybridized carbons (Fsp3) is 0.417. The molecule has 2 aliphatic rings. The van der Waals surface area contributed by atoms with E-state index in [0.29, 0.717) is 12.0 Å². The summed E-state index contributed by atoms with van der Waals surface area (Å²) in [6.07, 6.45) is 2.58. The van der Waals surface area contributed by atoms with Crippen LogP contribution in [0, 0.1) is 0 Å². The third-order valence-corrected chi connectivity index (χ3v) is 5.82. The van der Waals surface area contributed by atoms with Crippen molar-refractivity contribution >= 4 is 17.5 Å². The normalized spacial score (nSPS) is 18.8. The van der Waals surface area contributed by atoms with Gasteiger partial charge in [0.15, 0.2) is 0 Å². The summed E-state index contributed by atoms with van der Waals surface area (Å²) in [7, 11) is 0. The summed E-state index contributed by atoms with van der Waals surface area (Å²) in [6, 6.07) is 17.4. The van der Waals surface area contributed by atoms with Gasteiger partial charge in [-0.05, 0) is 42.7 Å². The van der Waals surface area contributed by atoms with E-state index in [4.69, 9.17) is 4.74 Å². The predicted molar refractivity (Wildman–Crippen MR) is 117 cm³/mol. The molecule has 2 saturated heterocycles. The van der Waals surface area contributed by atoms with Crippen LogP contribution in [-0.2, 0) is 9.53 Å². The van der Waals surface area contributed by atoms with E-state index < -0.39 is 0 Å². The summed E-state index contributed by atoms with van der Waals surface area (Å²) in [5.74, 6) is 0.0572. The van der Waals surface area contributed by atoms with Gasteiger partial charge in [0, 0.05) is 43.9 Å². The molecule has 1 atom stereocenters. The molecule has 1 unspecified atom stereocenters. The second kappa shape index (κ2) is 9.87. The average molecular weight is 408 g/mol. The number of hydrogen-bond acceptors (Lipinski definition) is 4. The molecule has 0 bridgehead atoms. The van der Waals surface area contributed by atoms with Gasteiger partial charge in [-0.2, -0.15) is 0 Å². The van der Waals surface area contributed by atoms with Crippen molar-refractivity contribution in [1.82, 2.24) is 10.2 Å². The standard InChI is InChI=1S/C24H29N3O3/c28-23-8-4-5-13-27(23)21-11-9-20(10-12-21)24(29)25-22(19-6-2-1-3-7-19)18-26-14-16-30-17-15-26/h1-3,6-7,9-12,22H,4-5,8,13-18H2,(H,25,29). The lowest BCUT2D eigenvalue weighted by Crippen LogP contribution is -2.43. The maximum atomic E-state index is 13.0. The molecule has 0 aliphatic carbocycles. The summed E-state index contributed by atoms with van der Waals surface area (Å²) in [6.45, 7) is 4.70. The van der Waals surface area contributed by atoms with Gasteiger partial charge in [0.25, 0.3) is 5.91 Å². The molecule has 0 spiro atoms. The number of rotatable bonds is 6. The van der Waals surface area contributed by atoms with E-state index in [1.807, 2.05) is 47.4 Å². The molecular formula is C24H29N3O3. The first-order chi connectivity index (χ1) is 14.7. The second-order valence-corrected chi connectivity index (χ2v) is 7.90. The van der Waals surface area contributed by atoms with Crippen LogP contribution in [0.4, 0.5) is 5.69 Å². The van der Waals surface area contributed by atoms with Gasteiger partial charge in [-0.1, -0.05) is 30.3 Å². The van der Waals surface area contributed by atoms with E-state index in [1.165, 1.54) is 0 Å². The number of benzene rings is 2. The van der Waals surface area contributed by atoms with E-state index in [2.05, 4.69) is 22.3 Å². The first-order valence-electron chi connectivity index (χ1n) is 10.8. The molecule has 30 heavy (non-hydrogen) atoms. The van der Waals surface area contributed by atoms with Crippen molar-refractivity contribution in [3.63, 3.8) is 0 Å². The Labute approximate surface area is 177 Å². The zero-order valence-electron chi connectivity index (χ0n) is 17.3. The number of amides is 2. The summed E-state index contributed by atoms with van der Waals surface area (Å²) < 4.78 is 5.45. The van der Waals surface area contributed by atoms with Crippen LogP contribution in [0.2, 0.25) is 0 Å². The minimum Gasteiger partial charge on any atom is -0.379 e. The Balaban J connectivity index is 1.45. The van der Waals surface area contributed by atoms with E-state index in [0.717, 1.165) is 63.5 Å². The number of nitrogens with zero attached hydrogens (tertiary/aromatic N) is 2. The second-order valence-electron chi connectivity index (χ2n) is 7.90. The third kappa shape index (κ3) is 5.07. The molecule has 2 heterocycles. The lowest BCUT2D eigenvalue weighted by Gasteiger charge is -2.31. The molecule has 1 N–H and O–H groups in total. The van der Waals surface area contributed by atoms with Gasteiger partial charge in [-0.25, -0.2) is 0 Å². The SMILES string of the molecule is O=C(NC(CN1CCOCC1)c1ccccc1)c1ccc(N2CCCCC2=O)cc1. The first-order valence-corrected chi connectivity index (χ1v) is 10.8. The highest BCUT2D eigenvalue weighted by Crippen LogP contribution is 2.22. The van der Waals surface area contributed by atoms with Crippen molar-refractivity contribution in [2.45, 2.75) is 25.3 Å². The van der Waals surface area contributed by atoms with Crippen LogP contribution in [0.15, 0.2) is 54.6 Å². The average Bonchev–Trinajstić information content (AvgIpc) is 2.80. The van der Waals surface area contributed by atoms with Crippen molar-refractivity contribution in [2.75, 3.05) is 44.3 Å². The number of nitrogens with one attached hydrogen (secondary N) is 1. The Morgan fingerprint density at radius 1 is 0.967 bits per heavy atom. The third-order valence-electron chi connectivity index (χ3n) is 5.82. The highest BCUT2D eigenvalue weighted by Gasteiger charge is 2.22. The van der Waals surface area contributed by atoms with Crippen molar-refractivity contribution in [3.8, 4) is 0 Å². The van der Waals surface area contributed by atoms with Gasteiger partial charge in [-0.15, -0.1) is 0 Å². The van der Waals surface area contributed by atoms with E-state index in [9.17, 15) is 9.59 Å². The smallest absolute Gasteiger partial charge is 0.251 e. The number of piperidine rings is 1. The zero-order valence-corrected chi connectivity index (χ0v) is 17.3. The zero-order chi connectivity index (χ0) is 20.8. The van der Waals surface area contributed by atoms with Crippen molar-refractivity contribution in [3.05, 3.63) is 65.7 Å². The minimum absolute atomic E-state index is 0.0971. The molecule has 2 aliphatic heterocycles. The largest absolute Gasteiger partial charge is 0.379 e.